The normalized spacial score (nSPS) is 15.7. The van der Waals surface area contributed by atoms with Gasteiger partial charge in [-0.05, 0) is 50.4 Å². The van der Waals surface area contributed by atoms with Crippen LogP contribution in [0.3, 0.4) is 0 Å². The topological polar surface area (TPSA) is 12.5 Å². The van der Waals surface area contributed by atoms with E-state index in [9.17, 15) is 0 Å². The number of piperidine rings is 1. The maximum absolute atomic E-state index is 6.11. The molecule has 0 radical (unpaired) electrons. The van der Waals surface area contributed by atoms with E-state index >= 15 is 0 Å². The van der Waals surface area contributed by atoms with E-state index in [1.165, 1.54) is 37.1 Å². The van der Waals surface area contributed by atoms with Gasteiger partial charge in [-0.15, -0.1) is 12.4 Å². The van der Waals surface area contributed by atoms with Crippen LogP contribution in [0.25, 0.3) is 5.76 Å². The molecule has 0 bridgehead atoms. The van der Waals surface area contributed by atoms with Crippen LogP contribution in [0.4, 0.5) is 0 Å². The number of benzene rings is 2. The Hall–Kier alpha value is -0.770. The van der Waals surface area contributed by atoms with Gasteiger partial charge in [-0.25, -0.2) is 0 Å². The predicted molar refractivity (Wildman–Crippen MR) is 115 cm³/mol. The van der Waals surface area contributed by atoms with Gasteiger partial charge in [0.2, 0.25) is 0 Å². The van der Waals surface area contributed by atoms with E-state index in [2.05, 4.69) is 65.6 Å². The van der Waals surface area contributed by atoms with Crippen LogP contribution < -0.4 is 0 Å². The molecule has 1 aliphatic rings. The molecule has 0 atom stereocenters. The summed E-state index contributed by atoms with van der Waals surface area (Å²) >= 11 is 0. The number of allylic oxidation sites excluding steroid dienone is 1. The fourth-order valence-electron chi connectivity index (χ4n) is 3.30. The van der Waals surface area contributed by atoms with Gasteiger partial charge in [0.05, 0.1) is 6.61 Å². The first kappa shape index (κ1) is 23.3. The third-order valence-electron chi connectivity index (χ3n) is 4.75. The van der Waals surface area contributed by atoms with Gasteiger partial charge < -0.3 is 4.74 Å². The van der Waals surface area contributed by atoms with E-state index in [1.807, 2.05) is 13.0 Å². The molecule has 136 valence electrons. The fourth-order valence-corrected chi connectivity index (χ4v) is 3.30. The van der Waals surface area contributed by atoms with Crippen molar-refractivity contribution in [3.05, 3.63) is 77.9 Å². The zero-order chi connectivity index (χ0) is 16.6. The molecule has 0 aromatic heterocycles. The van der Waals surface area contributed by atoms with E-state index < -0.39 is 0 Å². The molecule has 0 unspecified atom stereocenters. The maximum atomic E-state index is 6.11. The average molecular weight is 382 g/mol. The molecule has 0 N–H and O–H groups in total. The number of likely N-dealkylation sites (tertiary alicyclic amines) is 1. The number of hydrogen-bond acceptors (Lipinski definition) is 2. The molecular formula is C22H29ClNNaO. The van der Waals surface area contributed by atoms with Crippen molar-refractivity contribution in [3.63, 3.8) is 0 Å². The van der Waals surface area contributed by atoms with Crippen molar-refractivity contribution in [3.8, 4) is 0 Å². The Morgan fingerprint density at radius 3 is 2.15 bits per heavy atom. The van der Waals surface area contributed by atoms with Crippen molar-refractivity contribution in [1.29, 1.82) is 0 Å². The summed E-state index contributed by atoms with van der Waals surface area (Å²) < 4.78 is 6.11. The van der Waals surface area contributed by atoms with Crippen LogP contribution in [0.1, 0.15) is 30.9 Å². The number of halogens is 1. The molecule has 3 rings (SSSR count). The van der Waals surface area contributed by atoms with Crippen LogP contribution in [-0.4, -0.2) is 54.2 Å². The van der Waals surface area contributed by atoms with Crippen molar-refractivity contribution in [2.75, 3.05) is 19.7 Å². The summed E-state index contributed by atoms with van der Waals surface area (Å²) in [5, 5.41) is 0. The van der Waals surface area contributed by atoms with Gasteiger partial charge in [0.15, 0.2) is 0 Å². The fraction of sp³-hybridized carbons (Fsp3) is 0.364. The summed E-state index contributed by atoms with van der Waals surface area (Å²) in [6.07, 6.45) is 4.51. The summed E-state index contributed by atoms with van der Waals surface area (Å²) in [6.45, 7) is 6.27. The standard InChI is InChI=1S/C22H27NO.ClH.Na.H/c1-2-22(21-11-7-4-8-12-21)24-18-20-13-15-23(16-14-20)17-19-9-5-3-6-10-19;;;/h2-12,20H,13-18H2,1H3;1H;;/b22-2-;;;. The number of nitrogens with zero attached hydrogens (tertiary/aromatic N) is 1. The first-order chi connectivity index (χ1) is 11.8. The number of rotatable bonds is 6. The third-order valence-corrected chi connectivity index (χ3v) is 4.75. The summed E-state index contributed by atoms with van der Waals surface area (Å²) in [7, 11) is 0. The van der Waals surface area contributed by atoms with Crippen molar-refractivity contribution < 1.29 is 4.74 Å². The number of ether oxygens (including phenoxy) is 1. The van der Waals surface area contributed by atoms with Crippen LogP contribution in [-0.2, 0) is 11.3 Å². The van der Waals surface area contributed by atoms with Crippen molar-refractivity contribution >= 4 is 47.7 Å². The summed E-state index contributed by atoms with van der Waals surface area (Å²) in [5.41, 5.74) is 2.58. The zero-order valence-corrected chi connectivity index (χ0v) is 15.8. The van der Waals surface area contributed by atoms with Crippen LogP contribution >= 0.6 is 12.4 Å². The molecule has 2 aromatic carbocycles. The van der Waals surface area contributed by atoms with E-state index in [4.69, 9.17) is 4.74 Å². The first-order valence-corrected chi connectivity index (χ1v) is 8.96. The Bertz CT molecular complexity index is 640. The molecule has 1 heterocycles. The molecule has 0 spiro atoms. The summed E-state index contributed by atoms with van der Waals surface area (Å²) in [5.74, 6) is 1.66. The molecule has 1 aliphatic heterocycles. The van der Waals surface area contributed by atoms with Gasteiger partial charge in [0.1, 0.15) is 5.76 Å². The second-order valence-electron chi connectivity index (χ2n) is 6.54. The van der Waals surface area contributed by atoms with Crippen LogP contribution in [0.5, 0.6) is 0 Å². The Morgan fingerprint density at radius 2 is 1.58 bits per heavy atom. The van der Waals surface area contributed by atoms with Crippen LogP contribution in [0.15, 0.2) is 66.7 Å². The van der Waals surface area contributed by atoms with Gasteiger partial charge in [-0.1, -0.05) is 60.7 Å². The molecule has 2 aromatic rings. The first-order valence-electron chi connectivity index (χ1n) is 8.96. The molecule has 1 saturated heterocycles. The minimum absolute atomic E-state index is 0. The monoisotopic (exact) mass is 381 g/mol. The summed E-state index contributed by atoms with van der Waals surface area (Å²) in [6, 6.07) is 21.1. The van der Waals surface area contributed by atoms with Crippen molar-refractivity contribution in [2.45, 2.75) is 26.3 Å². The second-order valence-corrected chi connectivity index (χ2v) is 6.54. The molecule has 0 saturated carbocycles. The molecule has 2 nitrogen and oxygen atoms in total. The van der Waals surface area contributed by atoms with Gasteiger partial charge in [0.25, 0.3) is 0 Å². The molecule has 0 amide bonds. The van der Waals surface area contributed by atoms with Gasteiger partial charge in [-0.2, -0.15) is 0 Å². The zero-order valence-electron chi connectivity index (χ0n) is 14.9. The number of hydrogen-bond donors (Lipinski definition) is 0. The SMILES string of the molecule is C/C=C(\OCC1CCN(Cc2ccccc2)CC1)c1ccccc1.Cl.[NaH]. The van der Waals surface area contributed by atoms with E-state index in [0.29, 0.717) is 5.92 Å². The third kappa shape index (κ3) is 7.09. The quantitative estimate of drug-likeness (QED) is 0.529. The van der Waals surface area contributed by atoms with E-state index in [-0.39, 0.29) is 42.0 Å². The Kier molecular flexibility index (Phi) is 11.3. The van der Waals surface area contributed by atoms with Gasteiger partial charge in [0, 0.05) is 12.1 Å². The van der Waals surface area contributed by atoms with Crippen molar-refractivity contribution in [2.24, 2.45) is 5.92 Å². The van der Waals surface area contributed by atoms with Gasteiger partial charge in [-0.3, -0.25) is 4.90 Å². The molecule has 4 heteroatoms. The van der Waals surface area contributed by atoms with Crippen LogP contribution in [0, 0.1) is 5.92 Å². The second kappa shape index (κ2) is 12.6. The summed E-state index contributed by atoms with van der Waals surface area (Å²) in [4.78, 5) is 2.56. The van der Waals surface area contributed by atoms with Gasteiger partial charge >= 0.3 is 29.6 Å². The van der Waals surface area contributed by atoms with Crippen LogP contribution in [0.2, 0.25) is 0 Å². The average Bonchev–Trinajstić information content (AvgIpc) is 2.65. The Labute approximate surface area is 186 Å². The molecule has 26 heavy (non-hydrogen) atoms. The molecule has 1 fully saturated rings. The van der Waals surface area contributed by atoms with E-state index in [0.717, 1.165) is 18.9 Å². The van der Waals surface area contributed by atoms with E-state index in [1.54, 1.807) is 0 Å². The Balaban J connectivity index is 0.00000169. The Morgan fingerprint density at radius 1 is 1.00 bits per heavy atom. The molecule has 0 aliphatic carbocycles. The molecular weight excluding hydrogens is 353 g/mol. The van der Waals surface area contributed by atoms with Crippen molar-refractivity contribution in [1.82, 2.24) is 4.90 Å². The minimum atomic E-state index is 0. The predicted octanol–water partition coefficient (Wildman–Crippen LogP) is 4.75.